The second-order valence-electron chi connectivity index (χ2n) is 3.68. The Kier molecular flexibility index (Phi) is 4.39. The molecule has 0 atom stereocenters. The normalized spacial score (nSPS) is 10.9. The second kappa shape index (κ2) is 5.35. The molecule has 3 heteroatoms. The maximum atomic E-state index is 6.08. The van der Waals surface area contributed by atoms with E-state index in [9.17, 15) is 0 Å². The summed E-state index contributed by atoms with van der Waals surface area (Å²) in [7, 11) is 4.11. The summed E-state index contributed by atoms with van der Waals surface area (Å²) in [6.07, 6.45) is 0.972. The minimum Gasteiger partial charge on any atom is -0.326 e. The fourth-order valence-electron chi connectivity index (χ4n) is 1.29. The standard InChI is InChI=1S/C11H17ClN2/c1-14(2)6-5-10-7-9(8-13)3-4-11(10)12/h3-4,7H,5-6,8,13H2,1-2H3. The highest BCUT2D eigenvalue weighted by atomic mass is 35.5. The zero-order valence-corrected chi connectivity index (χ0v) is 9.51. The number of hydrogen-bond donors (Lipinski definition) is 1. The molecule has 0 heterocycles. The van der Waals surface area contributed by atoms with Crippen molar-refractivity contribution in [1.29, 1.82) is 0 Å². The first-order valence-corrected chi connectivity index (χ1v) is 5.13. The van der Waals surface area contributed by atoms with Crippen molar-refractivity contribution in [3.05, 3.63) is 34.3 Å². The number of rotatable bonds is 4. The molecule has 1 aromatic rings. The number of nitrogens with two attached hydrogens (primary N) is 1. The third-order valence-electron chi connectivity index (χ3n) is 2.17. The molecule has 0 bridgehead atoms. The molecule has 0 aliphatic rings. The van der Waals surface area contributed by atoms with Crippen LogP contribution in [-0.4, -0.2) is 25.5 Å². The highest BCUT2D eigenvalue weighted by Gasteiger charge is 2.02. The van der Waals surface area contributed by atoms with Crippen molar-refractivity contribution in [2.45, 2.75) is 13.0 Å². The summed E-state index contributed by atoms with van der Waals surface area (Å²) in [4.78, 5) is 2.14. The van der Waals surface area contributed by atoms with E-state index >= 15 is 0 Å². The molecule has 0 aromatic heterocycles. The van der Waals surface area contributed by atoms with Crippen LogP contribution in [0.2, 0.25) is 5.02 Å². The van der Waals surface area contributed by atoms with Gasteiger partial charge in [0.25, 0.3) is 0 Å². The number of likely N-dealkylation sites (N-methyl/N-ethyl adjacent to an activating group) is 1. The van der Waals surface area contributed by atoms with E-state index < -0.39 is 0 Å². The van der Waals surface area contributed by atoms with Gasteiger partial charge in [0.2, 0.25) is 0 Å². The maximum absolute atomic E-state index is 6.08. The molecule has 0 saturated heterocycles. The maximum Gasteiger partial charge on any atom is 0.0438 e. The van der Waals surface area contributed by atoms with Crippen molar-refractivity contribution in [2.24, 2.45) is 5.73 Å². The van der Waals surface area contributed by atoms with Crippen molar-refractivity contribution < 1.29 is 0 Å². The summed E-state index contributed by atoms with van der Waals surface area (Å²) in [5.41, 5.74) is 7.90. The van der Waals surface area contributed by atoms with E-state index in [1.807, 2.05) is 12.1 Å². The highest BCUT2D eigenvalue weighted by Crippen LogP contribution is 2.18. The third-order valence-corrected chi connectivity index (χ3v) is 2.54. The fourth-order valence-corrected chi connectivity index (χ4v) is 1.50. The smallest absolute Gasteiger partial charge is 0.0438 e. The average Bonchev–Trinajstić information content (AvgIpc) is 2.16. The van der Waals surface area contributed by atoms with Gasteiger partial charge in [-0.3, -0.25) is 0 Å². The first-order chi connectivity index (χ1) is 6.63. The monoisotopic (exact) mass is 212 g/mol. The summed E-state index contributed by atoms with van der Waals surface area (Å²) in [6.45, 7) is 1.58. The molecular formula is C11H17ClN2. The first-order valence-electron chi connectivity index (χ1n) is 4.75. The van der Waals surface area contributed by atoms with E-state index in [0.717, 1.165) is 23.6 Å². The average molecular weight is 213 g/mol. The van der Waals surface area contributed by atoms with Crippen LogP contribution in [-0.2, 0) is 13.0 Å². The van der Waals surface area contributed by atoms with Crippen molar-refractivity contribution >= 4 is 11.6 Å². The van der Waals surface area contributed by atoms with Crippen molar-refractivity contribution in [3.63, 3.8) is 0 Å². The van der Waals surface area contributed by atoms with Crippen LogP contribution in [0.15, 0.2) is 18.2 Å². The summed E-state index contributed by atoms with van der Waals surface area (Å²) in [6, 6.07) is 5.99. The lowest BCUT2D eigenvalue weighted by Gasteiger charge is -2.11. The van der Waals surface area contributed by atoms with Gasteiger partial charge in [0, 0.05) is 18.1 Å². The highest BCUT2D eigenvalue weighted by molar-refractivity contribution is 6.31. The topological polar surface area (TPSA) is 29.3 Å². The van der Waals surface area contributed by atoms with Crippen LogP contribution >= 0.6 is 11.6 Å². The Bertz CT molecular complexity index is 297. The van der Waals surface area contributed by atoms with E-state index in [1.165, 1.54) is 5.56 Å². The molecular weight excluding hydrogens is 196 g/mol. The van der Waals surface area contributed by atoms with Crippen LogP contribution in [0.4, 0.5) is 0 Å². The molecule has 2 N–H and O–H groups in total. The molecule has 0 fully saturated rings. The van der Waals surface area contributed by atoms with Gasteiger partial charge in [0.05, 0.1) is 0 Å². The van der Waals surface area contributed by atoms with Crippen molar-refractivity contribution in [3.8, 4) is 0 Å². The Labute approximate surface area is 90.7 Å². The molecule has 0 aliphatic carbocycles. The predicted molar refractivity (Wildman–Crippen MR) is 61.6 cm³/mol. The molecule has 78 valence electrons. The second-order valence-corrected chi connectivity index (χ2v) is 4.09. The van der Waals surface area contributed by atoms with Crippen molar-refractivity contribution in [1.82, 2.24) is 4.90 Å². The summed E-state index contributed by atoms with van der Waals surface area (Å²) < 4.78 is 0. The van der Waals surface area contributed by atoms with Crippen LogP contribution in [0.1, 0.15) is 11.1 Å². The first kappa shape index (κ1) is 11.5. The molecule has 0 radical (unpaired) electrons. The molecule has 1 rings (SSSR count). The Morgan fingerprint density at radius 3 is 2.64 bits per heavy atom. The van der Waals surface area contributed by atoms with Crippen molar-refractivity contribution in [2.75, 3.05) is 20.6 Å². The predicted octanol–water partition coefficient (Wildman–Crippen LogP) is 1.90. The van der Waals surface area contributed by atoms with Gasteiger partial charge in [-0.1, -0.05) is 23.7 Å². The van der Waals surface area contributed by atoms with Gasteiger partial charge < -0.3 is 10.6 Å². The Morgan fingerprint density at radius 1 is 1.36 bits per heavy atom. The minimum atomic E-state index is 0.576. The van der Waals surface area contributed by atoms with E-state index in [1.54, 1.807) is 0 Å². The fraction of sp³-hybridized carbons (Fsp3) is 0.455. The van der Waals surface area contributed by atoms with Crippen LogP contribution in [0, 0.1) is 0 Å². The van der Waals surface area contributed by atoms with Crippen LogP contribution < -0.4 is 5.73 Å². The summed E-state index contributed by atoms with van der Waals surface area (Å²) >= 11 is 6.08. The van der Waals surface area contributed by atoms with E-state index in [2.05, 4.69) is 25.1 Å². The molecule has 2 nitrogen and oxygen atoms in total. The number of nitrogens with zero attached hydrogens (tertiary/aromatic N) is 1. The van der Waals surface area contributed by atoms with Crippen LogP contribution in [0.3, 0.4) is 0 Å². The molecule has 0 spiro atoms. The zero-order chi connectivity index (χ0) is 10.6. The van der Waals surface area contributed by atoms with Gasteiger partial charge in [-0.25, -0.2) is 0 Å². The quantitative estimate of drug-likeness (QED) is 0.826. The van der Waals surface area contributed by atoms with Crippen LogP contribution in [0.25, 0.3) is 0 Å². The Hall–Kier alpha value is -0.570. The zero-order valence-electron chi connectivity index (χ0n) is 8.76. The van der Waals surface area contributed by atoms with E-state index in [-0.39, 0.29) is 0 Å². The Balaban J connectivity index is 2.73. The number of benzene rings is 1. The summed E-state index contributed by atoms with van der Waals surface area (Å²) in [5, 5.41) is 0.837. The lowest BCUT2D eigenvalue weighted by molar-refractivity contribution is 0.413. The Morgan fingerprint density at radius 2 is 2.07 bits per heavy atom. The molecule has 14 heavy (non-hydrogen) atoms. The molecule has 0 unspecified atom stereocenters. The third kappa shape index (κ3) is 3.29. The van der Waals surface area contributed by atoms with E-state index in [0.29, 0.717) is 6.54 Å². The van der Waals surface area contributed by atoms with Gasteiger partial charge in [-0.05, 0) is 37.7 Å². The molecule has 1 aromatic carbocycles. The number of hydrogen-bond acceptors (Lipinski definition) is 2. The van der Waals surface area contributed by atoms with Gasteiger partial charge in [0.1, 0.15) is 0 Å². The van der Waals surface area contributed by atoms with Gasteiger partial charge in [0.15, 0.2) is 0 Å². The largest absolute Gasteiger partial charge is 0.326 e. The molecule has 0 saturated carbocycles. The van der Waals surface area contributed by atoms with Gasteiger partial charge in [-0.2, -0.15) is 0 Å². The SMILES string of the molecule is CN(C)CCc1cc(CN)ccc1Cl. The van der Waals surface area contributed by atoms with Gasteiger partial charge >= 0.3 is 0 Å². The minimum absolute atomic E-state index is 0.576. The van der Waals surface area contributed by atoms with E-state index in [4.69, 9.17) is 17.3 Å². The molecule has 0 amide bonds. The van der Waals surface area contributed by atoms with Gasteiger partial charge in [-0.15, -0.1) is 0 Å². The summed E-state index contributed by atoms with van der Waals surface area (Å²) in [5.74, 6) is 0. The van der Waals surface area contributed by atoms with Crippen LogP contribution in [0.5, 0.6) is 0 Å². The molecule has 0 aliphatic heterocycles. The number of halogens is 1. The lowest BCUT2D eigenvalue weighted by atomic mass is 10.1. The lowest BCUT2D eigenvalue weighted by Crippen LogP contribution is -2.15.